The van der Waals surface area contributed by atoms with E-state index in [0.717, 1.165) is 51.5 Å². The molecule has 0 spiro atoms. The fourth-order valence-electron chi connectivity index (χ4n) is 3.50. The lowest BCUT2D eigenvalue weighted by Crippen LogP contribution is -2.53. The smallest absolute Gasteiger partial charge is 0.0628 e. The molecule has 2 N–H and O–H groups in total. The van der Waals surface area contributed by atoms with Crippen molar-refractivity contribution in [3.63, 3.8) is 0 Å². The van der Waals surface area contributed by atoms with Crippen LogP contribution in [0.5, 0.6) is 0 Å². The van der Waals surface area contributed by atoms with Gasteiger partial charge >= 0.3 is 0 Å². The zero-order valence-electron chi connectivity index (χ0n) is 16.0. The molecule has 0 radical (unpaired) electrons. The van der Waals surface area contributed by atoms with E-state index in [2.05, 4.69) is 53.8 Å². The Balaban J connectivity index is 1.87. The highest BCUT2D eigenvalue weighted by Gasteiger charge is 2.26. The van der Waals surface area contributed by atoms with Crippen LogP contribution in [0.25, 0.3) is 0 Å². The summed E-state index contributed by atoms with van der Waals surface area (Å²) in [5.41, 5.74) is 2.38. The molecule has 2 rings (SSSR count). The highest BCUT2D eigenvalue weighted by molar-refractivity contribution is 5.09. The number of aliphatic hydroxyl groups is 1. The maximum absolute atomic E-state index is 9.42. The molecule has 5 nitrogen and oxygen atoms in total. The topological polar surface area (TPSA) is 55.4 Å². The van der Waals surface area contributed by atoms with Crippen LogP contribution in [0.1, 0.15) is 51.9 Å². The van der Waals surface area contributed by atoms with E-state index in [4.69, 9.17) is 0 Å². The number of hydrogen-bond donors (Lipinski definition) is 2. The average molecular weight is 337 g/mol. The van der Waals surface area contributed by atoms with Crippen LogP contribution in [0.15, 0.2) is 6.07 Å². The first-order valence-electron chi connectivity index (χ1n) is 9.58. The minimum atomic E-state index is 0.277. The number of rotatable bonds is 9. The van der Waals surface area contributed by atoms with Gasteiger partial charge in [-0.2, -0.15) is 5.10 Å². The summed E-state index contributed by atoms with van der Waals surface area (Å²) in [4.78, 5) is 5.07. The molecule has 1 aliphatic heterocycles. The van der Waals surface area contributed by atoms with E-state index in [9.17, 15) is 5.11 Å². The molecule has 138 valence electrons. The summed E-state index contributed by atoms with van der Waals surface area (Å²) in [5, 5.41) is 17.1. The third-order valence-electron chi connectivity index (χ3n) is 4.84. The molecule has 1 fully saturated rings. The summed E-state index contributed by atoms with van der Waals surface area (Å²) in [6, 6.07) is 2.69. The Morgan fingerprint density at radius 3 is 2.71 bits per heavy atom. The number of nitrogens with one attached hydrogen (secondary N) is 1. The van der Waals surface area contributed by atoms with Gasteiger partial charge in [0, 0.05) is 44.5 Å². The van der Waals surface area contributed by atoms with E-state index in [-0.39, 0.29) is 6.61 Å². The predicted molar refractivity (Wildman–Crippen MR) is 98.9 cm³/mol. The number of aromatic nitrogens is 2. The Morgan fingerprint density at radius 1 is 1.25 bits per heavy atom. The van der Waals surface area contributed by atoms with Crippen molar-refractivity contribution in [3.8, 4) is 0 Å². The quantitative estimate of drug-likeness (QED) is 0.727. The molecule has 1 aliphatic rings. The number of piperazine rings is 1. The van der Waals surface area contributed by atoms with E-state index < -0.39 is 0 Å². The van der Waals surface area contributed by atoms with E-state index in [1.165, 1.54) is 17.8 Å². The molecule has 1 atom stereocenters. The van der Waals surface area contributed by atoms with Crippen LogP contribution in [-0.4, -0.2) is 63.9 Å². The summed E-state index contributed by atoms with van der Waals surface area (Å²) in [6.45, 7) is 14.6. The number of H-pyrrole nitrogens is 1. The second kappa shape index (κ2) is 9.54. The lowest BCUT2D eigenvalue weighted by atomic mass is 10.1. The summed E-state index contributed by atoms with van der Waals surface area (Å²) in [5.74, 6) is 1.38. The molecular formula is C19H36N4O. The summed E-state index contributed by atoms with van der Waals surface area (Å²) in [6.07, 6.45) is 3.14. The van der Waals surface area contributed by atoms with Gasteiger partial charge in [0.1, 0.15) is 0 Å². The van der Waals surface area contributed by atoms with Crippen LogP contribution in [0, 0.1) is 11.8 Å². The molecule has 1 saturated heterocycles. The van der Waals surface area contributed by atoms with E-state index in [1.54, 1.807) is 0 Å². The van der Waals surface area contributed by atoms with Gasteiger partial charge in [0.2, 0.25) is 0 Å². The second-order valence-electron chi connectivity index (χ2n) is 8.10. The zero-order valence-corrected chi connectivity index (χ0v) is 16.0. The third kappa shape index (κ3) is 6.19. The fraction of sp³-hybridized carbons (Fsp3) is 0.842. The van der Waals surface area contributed by atoms with Crippen molar-refractivity contribution in [3.05, 3.63) is 17.5 Å². The normalized spacial score (nSPS) is 20.4. The Bertz CT molecular complexity index is 472. The van der Waals surface area contributed by atoms with Crippen molar-refractivity contribution in [1.82, 2.24) is 20.0 Å². The maximum atomic E-state index is 9.42. The summed E-state index contributed by atoms with van der Waals surface area (Å²) >= 11 is 0. The highest BCUT2D eigenvalue weighted by Crippen LogP contribution is 2.17. The van der Waals surface area contributed by atoms with Gasteiger partial charge in [-0.3, -0.25) is 14.9 Å². The number of hydrogen-bond acceptors (Lipinski definition) is 4. The Labute approximate surface area is 147 Å². The lowest BCUT2D eigenvalue weighted by Gasteiger charge is -2.41. The van der Waals surface area contributed by atoms with Gasteiger partial charge in [-0.15, -0.1) is 0 Å². The minimum Gasteiger partial charge on any atom is -0.396 e. The number of nitrogens with zero attached hydrogens (tertiary/aromatic N) is 3. The van der Waals surface area contributed by atoms with Gasteiger partial charge in [-0.1, -0.05) is 27.7 Å². The molecule has 0 saturated carbocycles. The first kappa shape index (κ1) is 19.4. The fourth-order valence-corrected chi connectivity index (χ4v) is 3.50. The monoisotopic (exact) mass is 336 g/mol. The second-order valence-corrected chi connectivity index (χ2v) is 8.10. The van der Waals surface area contributed by atoms with Crippen molar-refractivity contribution in [1.29, 1.82) is 0 Å². The Hall–Kier alpha value is -0.910. The average Bonchev–Trinajstić information content (AvgIpc) is 2.93. The molecule has 24 heavy (non-hydrogen) atoms. The van der Waals surface area contributed by atoms with Crippen LogP contribution < -0.4 is 0 Å². The van der Waals surface area contributed by atoms with Crippen LogP contribution in [0.3, 0.4) is 0 Å². The van der Waals surface area contributed by atoms with E-state index in [0.29, 0.717) is 12.0 Å². The van der Waals surface area contributed by atoms with Crippen molar-refractivity contribution >= 4 is 0 Å². The molecular weight excluding hydrogens is 300 g/mol. The van der Waals surface area contributed by atoms with Gasteiger partial charge in [0.05, 0.1) is 5.69 Å². The molecule has 0 unspecified atom stereocenters. The van der Waals surface area contributed by atoms with Crippen molar-refractivity contribution in [2.45, 2.75) is 59.5 Å². The van der Waals surface area contributed by atoms with Gasteiger partial charge in [-0.25, -0.2) is 0 Å². The van der Waals surface area contributed by atoms with E-state index in [1.807, 2.05) is 0 Å². The van der Waals surface area contributed by atoms with Crippen molar-refractivity contribution < 1.29 is 5.11 Å². The first-order valence-corrected chi connectivity index (χ1v) is 9.58. The third-order valence-corrected chi connectivity index (χ3v) is 4.84. The predicted octanol–water partition coefficient (Wildman–Crippen LogP) is 2.52. The van der Waals surface area contributed by atoms with Crippen LogP contribution in [-0.2, 0) is 13.0 Å². The lowest BCUT2D eigenvalue weighted by molar-refractivity contribution is 0.0518. The van der Waals surface area contributed by atoms with Gasteiger partial charge in [0.25, 0.3) is 0 Å². The zero-order chi connectivity index (χ0) is 17.5. The maximum Gasteiger partial charge on any atom is 0.0628 e. The van der Waals surface area contributed by atoms with E-state index >= 15 is 0 Å². The first-order chi connectivity index (χ1) is 11.5. The highest BCUT2D eigenvalue weighted by atomic mass is 16.3. The number of aromatic amines is 1. The molecule has 0 bridgehead atoms. The molecule has 1 aromatic rings. The van der Waals surface area contributed by atoms with Gasteiger partial charge < -0.3 is 5.11 Å². The summed E-state index contributed by atoms with van der Waals surface area (Å²) in [7, 11) is 0. The van der Waals surface area contributed by atoms with Crippen molar-refractivity contribution in [2.75, 3.05) is 32.8 Å². The summed E-state index contributed by atoms with van der Waals surface area (Å²) < 4.78 is 0. The minimum absolute atomic E-state index is 0.277. The van der Waals surface area contributed by atoms with Gasteiger partial charge in [0.15, 0.2) is 0 Å². The molecule has 0 aromatic carbocycles. The standard InChI is InChI=1S/C19H36N4O/c1-15(2)5-7-23-9-8-22(14-19(23)6-10-24)13-18-12-17(20-21-18)11-16(3)4/h12,15-16,19,24H,5-11,13-14H2,1-4H3,(H,20,21)/t19-/m0/s1. The molecule has 0 aliphatic carbocycles. The molecule has 5 heteroatoms. The SMILES string of the molecule is CC(C)CCN1CCN(Cc2cc(CC(C)C)n[nH]2)C[C@@H]1CCO. The van der Waals surface area contributed by atoms with Crippen molar-refractivity contribution in [2.24, 2.45) is 11.8 Å². The largest absolute Gasteiger partial charge is 0.396 e. The number of aliphatic hydroxyl groups excluding tert-OH is 1. The Morgan fingerprint density at radius 2 is 2.04 bits per heavy atom. The van der Waals surface area contributed by atoms with Gasteiger partial charge in [-0.05, 0) is 43.7 Å². The Kier molecular flexibility index (Phi) is 7.72. The van der Waals surface area contributed by atoms with Crippen LogP contribution in [0.4, 0.5) is 0 Å². The van der Waals surface area contributed by atoms with Crippen LogP contribution in [0.2, 0.25) is 0 Å². The molecule has 2 heterocycles. The molecule has 0 amide bonds. The molecule has 1 aromatic heterocycles. The van der Waals surface area contributed by atoms with Crippen LogP contribution >= 0.6 is 0 Å².